The number of anilines is 1. The molecule has 25 heavy (non-hydrogen) atoms. The number of halogens is 1. The lowest BCUT2D eigenvalue weighted by Crippen LogP contribution is -2.37. The van der Waals surface area contributed by atoms with Gasteiger partial charge in [-0.25, -0.2) is 0 Å². The maximum absolute atomic E-state index is 11.0. The maximum Gasteiger partial charge on any atom is 0.221 e. The summed E-state index contributed by atoms with van der Waals surface area (Å²) in [4.78, 5) is 17.9. The first-order chi connectivity index (χ1) is 11.6. The van der Waals surface area contributed by atoms with E-state index < -0.39 is 0 Å². The predicted molar refractivity (Wildman–Crippen MR) is 117 cm³/mol. The number of aliphatic imine (C=N–C) groups is 1. The van der Waals surface area contributed by atoms with Crippen molar-refractivity contribution in [3.8, 4) is 0 Å². The molecule has 0 saturated heterocycles. The smallest absolute Gasteiger partial charge is 0.221 e. The molecule has 0 unspecified atom stereocenters. The number of thiophene rings is 1. The molecular formula is C18H25IN4OS. The maximum atomic E-state index is 11.0. The van der Waals surface area contributed by atoms with Crippen LogP contribution in [-0.2, 0) is 17.8 Å². The van der Waals surface area contributed by atoms with Crippen LogP contribution in [0.2, 0.25) is 0 Å². The van der Waals surface area contributed by atoms with Gasteiger partial charge in [-0.1, -0.05) is 12.1 Å². The topological polar surface area (TPSA) is 65.5 Å². The summed E-state index contributed by atoms with van der Waals surface area (Å²) in [5, 5.41) is 9.40. The molecule has 3 N–H and O–H groups in total. The van der Waals surface area contributed by atoms with Gasteiger partial charge in [-0.2, -0.15) is 0 Å². The van der Waals surface area contributed by atoms with Gasteiger partial charge < -0.3 is 16.0 Å². The molecule has 0 aliphatic heterocycles. The van der Waals surface area contributed by atoms with Crippen molar-refractivity contribution in [1.29, 1.82) is 0 Å². The summed E-state index contributed by atoms with van der Waals surface area (Å²) in [5.41, 5.74) is 2.03. The van der Waals surface area contributed by atoms with Gasteiger partial charge in [-0.15, -0.1) is 35.3 Å². The quantitative estimate of drug-likeness (QED) is 0.343. The summed E-state index contributed by atoms with van der Waals surface area (Å²) in [6, 6.07) is 12.2. The number of nitrogens with zero attached hydrogens (tertiary/aromatic N) is 1. The van der Waals surface area contributed by atoms with Gasteiger partial charge in [0.15, 0.2) is 5.96 Å². The largest absolute Gasteiger partial charge is 0.356 e. The van der Waals surface area contributed by atoms with Crippen LogP contribution in [0.25, 0.3) is 0 Å². The third-order valence-corrected chi connectivity index (χ3v) is 4.43. The van der Waals surface area contributed by atoms with E-state index in [1.165, 1.54) is 22.2 Å². The van der Waals surface area contributed by atoms with Crippen molar-refractivity contribution in [3.63, 3.8) is 0 Å². The second-order valence-corrected chi connectivity index (χ2v) is 6.87. The molecule has 1 aromatic heterocycles. The van der Waals surface area contributed by atoms with Gasteiger partial charge in [0.25, 0.3) is 0 Å². The van der Waals surface area contributed by atoms with E-state index in [1.807, 2.05) is 24.3 Å². The number of aryl methyl sites for hydroxylation is 1. The summed E-state index contributed by atoms with van der Waals surface area (Å²) < 4.78 is 0. The van der Waals surface area contributed by atoms with E-state index in [0.717, 1.165) is 31.2 Å². The van der Waals surface area contributed by atoms with Crippen molar-refractivity contribution < 1.29 is 4.79 Å². The van der Waals surface area contributed by atoms with Crippen molar-refractivity contribution in [2.45, 2.75) is 26.8 Å². The zero-order chi connectivity index (χ0) is 17.4. The first-order valence-electron chi connectivity index (χ1n) is 7.93. The predicted octanol–water partition coefficient (Wildman–Crippen LogP) is 3.54. The number of carbonyl (C=O) groups is 1. The fourth-order valence-electron chi connectivity index (χ4n) is 2.25. The van der Waals surface area contributed by atoms with E-state index in [9.17, 15) is 4.79 Å². The Kier molecular flexibility index (Phi) is 9.51. The van der Waals surface area contributed by atoms with Crippen LogP contribution in [0.1, 0.15) is 22.2 Å². The monoisotopic (exact) mass is 472 g/mol. The number of rotatable bonds is 6. The van der Waals surface area contributed by atoms with Crippen LogP contribution in [0.4, 0.5) is 5.69 Å². The Hall–Kier alpha value is -1.61. The number of carbonyl (C=O) groups excluding carboxylic acids is 1. The molecule has 0 atom stereocenters. The zero-order valence-electron chi connectivity index (χ0n) is 14.8. The molecule has 0 spiro atoms. The van der Waals surface area contributed by atoms with E-state index in [-0.39, 0.29) is 29.9 Å². The summed E-state index contributed by atoms with van der Waals surface area (Å²) in [6.45, 7) is 5.19. The summed E-state index contributed by atoms with van der Waals surface area (Å²) in [5.74, 6) is 0.746. The van der Waals surface area contributed by atoms with Gasteiger partial charge in [0.1, 0.15) is 0 Å². The Morgan fingerprint density at radius 3 is 2.40 bits per heavy atom. The minimum atomic E-state index is -0.0553. The van der Waals surface area contributed by atoms with Crippen LogP contribution < -0.4 is 16.0 Å². The molecule has 0 fully saturated rings. The lowest BCUT2D eigenvalue weighted by molar-refractivity contribution is -0.114. The molecule has 2 aromatic rings. The number of amides is 1. The highest BCUT2D eigenvalue weighted by Crippen LogP contribution is 2.14. The molecule has 1 aromatic carbocycles. The summed E-state index contributed by atoms with van der Waals surface area (Å²) in [6.07, 6.45) is 0.888. The Bertz CT molecular complexity index is 697. The summed E-state index contributed by atoms with van der Waals surface area (Å²) in [7, 11) is 1.78. The molecule has 1 amide bonds. The molecule has 2 rings (SSSR count). The molecule has 136 valence electrons. The Morgan fingerprint density at radius 2 is 1.84 bits per heavy atom. The molecule has 0 saturated carbocycles. The van der Waals surface area contributed by atoms with E-state index in [1.54, 1.807) is 18.4 Å². The Balaban J connectivity index is 0.00000312. The first kappa shape index (κ1) is 21.4. The van der Waals surface area contributed by atoms with E-state index >= 15 is 0 Å². The molecule has 7 heteroatoms. The SMILES string of the molecule is CN=C(NCCc1ccc(NC(C)=O)cc1)NCc1ccc(C)s1.I. The van der Waals surface area contributed by atoms with Gasteiger partial charge in [0, 0.05) is 36.0 Å². The van der Waals surface area contributed by atoms with Gasteiger partial charge in [-0.05, 0) is 43.2 Å². The van der Waals surface area contributed by atoms with Crippen LogP contribution in [0.3, 0.4) is 0 Å². The molecule has 0 bridgehead atoms. The molecule has 1 heterocycles. The third kappa shape index (κ3) is 7.87. The lowest BCUT2D eigenvalue weighted by atomic mass is 10.1. The highest BCUT2D eigenvalue weighted by atomic mass is 127. The molecule has 0 radical (unpaired) electrons. The number of guanidine groups is 1. The number of nitrogens with one attached hydrogen (secondary N) is 3. The Morgan fingerprint density at radius 1 is 1.12 bits per heavy atom. The highest BCUT2D eigenvalue weighted by Gasteiger charge is 2.01. The third-order valence-electron chi connectivity index (χ3n) is 3.43. The first-order valence-corrected chi connectivity index (χ1v) is 8.75. The fraction of sp³-hybridized carbons (Fsp3) is 0.333. The van der Waals surface area contributed by atoms with E-state index in [4.69, 9.17) is 0 Å². The normalized spacial score (nSPS) is 10.8. The van der Waals surface area contributed by atoms with Crippen molar-refractivity contribution in [2.75, 3.05) is 18.9 Å². The second kappa shape index (κ2) is 11.1. The van der Waals surface area contributed by atoms with Gasteiger partial charge in [0.2, 0.25) is 5.91 Å². The van der Waals surface area contributed by atoms with Crippen LogP contribution in [0.15, 0.2) is 41.4 Å². The summed E-state index contributed by atoms with van der Waals surface area (Å²) >= 11 is 1.79. The minimum Gasteiger partial charge on any atom is -0.356 e. The minimum absolute atomic E-state index is 0. The Labute approximate surface area is 170 Å². The van der Waals surface area contributed by atoms with Crippen molar-refractivity contribution in [1.82, 2.24) is 10.6 Å². The van der Waals surface area contributed by atoms with Gasteiger partial charge in [-0.3, -0.25) is 9.79 Å². The second-order valence-electron chi connectivity index (χ2n) is 5.49. The number of hydrogen-bond donors (Lipinski definition) is 3. The van der Waals surface area contributed by atoms with E-state index in [2.05, 4.69) is 40.0 Å². The van der Waals surface area contributed by atoms with Crippen molar-refractivity contribution >= 4 is 52.9 Å². The fourth-order valence-corrected chi connectivity index (χ4v) is 3.08. The van der Waals surface area contributed by atoms with Crippen molar-refractivity contribution in [2.24, 2.45) is 4.99 Å². The van der Waals surface area contributed by atoms with Crippen LogP contribution in [0.5, 0.6) is 0 Å². The highest BCUT2D eigenvalue weighted by molar-refractivity contribution is 14.0. The van der Waals surface area contributed by atoms with Gasteiger partial charge in [0.05, 0.1) is 6.54 Å². The van der Waals surface area contributed by atoms with Crippen LogP contribution in [0, 0.1) is 6.92 Å². The molecule has 0 aliphatic rings. The zero-order valence-corrected chi connectivity index (χ0v) is 17.9. The molecule has 5 nitrogen and oxygen atoms in total. The average Bonchev–Trinajstić information content (AvgIpc) is 2.97. The molecular weight excluding hydrogens is 447 g/mol. The lowest BCUT2D eigenvalue weighted by Gasteiger charge is -2.11. The van der Waals surface area contributed by atoms with Crippen LogP contribution >= 0.6 is 35.3 Å². The average molecular weight is 472 g/mol. The van der Waals surface area contributed by atoms with Crippen LogP contribution in [-0.4, -0.2) is 25.5 Å². The van der Waals surface area contributed by atoms with E-state index in [0.29, 0.717) is 0 Å². The molecule has 0 aliphatic carbocycles. The van der Waals surface area contributed by atoms with Crippen molar-refractivity contribution in [3.05, 3.63) is 51.7 Å². The standard InChI is InChI=1S/C18H24N4OS.HI/c1-13-4-9-17(24-13)12-21-18(19-3)20-11-10-15-5-7-16(8-6-15)22-14(2)23;/h4-9H,10-12H2,1-3H3,(H,22,23)(H2,19,20,21);1H. The number of benzene rings is 1. The number of hydrogen-bond acceptors (Lipinski definition) is 3. The van der Waals surface area contributed by atoms with Gasteiger partial charge >= 0.3 is 0 Å².